The van der Waals surface area contributed by atoms with Gasteiger partial charge in [0.15, 0.2) is 5.01 Å². The molecule has 0 saturated heterocycles. The van der Waals surface area contributed by atoms with Crippen LogP contribution in [0.15, 0.2) is 6.20 Å². The molecule has 0 aliphatic heterocycles. The van der Waals surface area contributed by atoms with Crippen molar-refractivity contribution >= 4 is 11.3 Å². The summed E-state index contributed by atoms with van der Waals surface area (Å²) in [6, 6.07) is -0.0893. The van der Waals surface area contributed by atoms with Gasteiger partial charge in [0, 0.05) is 17.1 Å². The Hall–Kier alpha value is -0.620. The summed E-state index contributed by atoms with van der Waals surface area (Å²) in [4.78, 5) is 3.90. The quantitative estimate of drug-likeness (QED) is 0.811. The number of alkyl halides is 3. The molecule has 13 heavy (non-hydrogen) atoms. The van der Waals surface area contributed by atoms with Gasteiger partial charge in [0.2, 0.25) is 0 Å². The van der Waals surface area contributed by atoms with Gasteiger partial charge in [-0.25, -0.2) is 4.98 Å². The Labute approximate surface area is 77.8 Å². The molecule has 0 fully saturated rings. The summed E-state index contributed by atoms with van der Waals surface area (Å²) in [5.41, 5.74) is 0. The molecule has 74 valence electrons. The molecule has 2 nitrogen and oxygen atoms in total. The van der Waals surface area contributed by atoms with E-state index in [0.717, 1.165) is 0 Å². The second-order valence-corrected chi connectivity index (χ2v) is 3.64. The number of halogens is 3. The van der Waals surface area contributed by atoms with Crippen LogP contribution in [0.5, 0.6) is 0 Å². The van der Waals surface area contributed by atoms with Crippen LogP contribution in [-0.4, -0.2) is 12.0 Å². The first-order valence-electron chi connectivity index (χ1n) is 3.65. The second-order valence-electron chi connectivity index (χ2n) is 2.58. The van der Waals surface area contributed by atoms with Gasteiger partial charge in [-0.1, -0.05) is 0 Å². The molecule has 1 aromatic heterocycles. The molecule has 1 unspecified atom stereocenters. The molecule has 0 aromatic carbocycles. The van der Waals surface area contributed by atoms with Crippen LogP contribution in [0.3, 0.4) is 0 Å². The van der Waals surface area contributed by atoms with Crippen molar-refractivity contribution in [3.63, 3.8) is 0 Å². The Bertz CT molecular complexity index is 282. The molecule has 0 saturated carbocycles. The predicted molar refractivity (Wildman–Crippen MR) is 44.6 cm³/mol. The average molecular weight is 210 g/mol. The van der Waals surface area contributed by atoms with E-state index in [1.165, 1.54) is 6.20 Å². The molecule has 0 spiro atoms. The topological polar surface area (TPSA) is 24.9 Å². The van der Waals surface area contributed by atoms with Gasteiger partial charge in [0.25, 0.3) is 0 Å². The Morgan fingerprint density at radius 3 is 2.54 bits per heavy atom. The first-order chi connectivity index (χ1) is 5.95. The maximum absolute atomic E-state index is 12.1. The average Bonchev–Trinajstić information content (AvgIpc) is 2.50. The van der Waals surface area contributed by atoms with Crippen molar-refractivity contribution in [2.45, 2.75) is 19.1 Å². The smallest absolute Gasteiger partial charge is 0.312 e. The summed E-state index contributed by atoms with van der Waals surface area (Å²) >= 11 is 0.674. The van der Waals surface area contributed by atoms with E-state index in [9.17, 15) is 13.2 Å². The Morgan fingerprint density at radius 1 is 1.54 bits per heavy atom. The first kappa shape index (κ1) is 10.5. The number of thiazole rings is 1. The van der Waals surface area contributed by atoms with E-state index in [1.807, 2.05) is 0 Å². The SMILES string of the molecule is CNC(C)c1cnc(C(F)(F)F)s1. The van der Waals surface area contributed by atoms with Crippen molar-refractivity contribution in [1.82, 2.24) is 10.3 Å². The highest BCUT2D eigenvalue weighted by molar-refractivity contribution is 7.11. The number of rotatable bonds is 2. The van der Waals surface area contributed by atoms with Crippen LogP contribution in [0.4, 0.5) is 13.2 Å². The molecule has 0 bridgehead atoms. The largest absolute Gasteiger partial charge is 0.443 e. The van der Waals surface area contributed by atoms with E-state index in [0.29, 0.717) is 16.2 Å². The molecule has 0 radical (unpaired) electrons. The molecule has 0 amide bonds. The van der Waals surface area contributed by atoms with E-state index >= 15 is 0 Å². The lowest BCUT2D eigenvalue weighted by Crippen LogP contribution is -2.10. The van der Waals surface area contributed by atoms with E-state index in [-0.39, 0.29) is 6.04 Å². The van der Waals surface area contributed by atoms with Crippen molar-refractivity contribution in [2.75, 3.05) is 7.05 Å². The van der Waals surface area contributed by atoms with E-state index in [2.05, 4.69) is 10.3 Å². The minimum atomic E-state index is -4.32. The molecule has 1 aromatic rings. The Morgan fingerprint density at radius 2 is 2.15 bits per heavy atom. The zero-order valence-electron chi connectivity index (χ0n) is 7.14. The van der Waals surface area contributed by atoms with Crippen molar-refractivity contribution in [3.8, 4) is 0 Å². The molecule has 0 aliphatic rings. The number of aromatic nitrogens is 1. The summed E-state index contributed by atoms with van der Waals surface area (Å²) in [5.74, 6) is 0. The fourth-order valence-electron chi connectivity index (χ4n) is 0.760. The monoisotopic (exact) mass is 210 g/mol. The summed E-state index contributed by atoms with van der Waals surface area (Å²) < 4.78 is 36.3. The molecule has 1 atom stereocenters. The Kier molecular flexibility index (Phi) is 2.92. The van der Waals surface area contributed by atoms with Crippen molar-refractivity contribution in [3.05, 3.63) is 16.1 Å². The van der Waals surface area contributed by atoms with Crippen LogP contribution < -0.4 is 5.32 Å². The first-order valence-corrected chi connectivity index (χ1v) is 4.47. The fourth-order valence-corrected chi connectivity index (χ4v) is 1.60. The van der Waals surface area contributed by atoms with Gasteiger partial charge in [0.1, 0.15) is 0 Å². The van der Waals surface area contributed by atoms with Gasteiger partial charge in [0.05, 0.1) is 0 Å². The number of nitrogens with zero attached hydrogens (tertiary/aromatic N) is 1. The van der Waals surface area contributed by atoms with E-state index < -0.39 is 11.2 Å². The standard InChI is InChI=1S/C7H9F3N2S/c1-4(11-2)5-3-12-6(13-5)7(8,9)10/h3-4,11H,1-2H3. The lowest BCUT2D eigenvalue weighted by molar-refractivity contribution is -0.137. The lowest BCUT2D eigenvalue weighted by atomic mass is 10.3. The highest BCUT2D eigenvalue weighted by atomic mass is 32.1. The molecular weight excluding hydrogens is 201 g/mol. The minimum Gasteiger partial charge on any atom is -0.312 e. The summed E-state index contributed by atoms with van der Waals surface area (Å²) in [7, 11) is 1.69. The van der Waals surface area contributed by atoms with E-state index in [4.69, 9.17) is 0 Å². The van der Waals surface area contributed by atoms with Crippen molar-refractivity contribution < 1.29 is 13.2 Å². The van der Waals surface area contributed by atoms with Gasteiger partial charge < -0.3 is 5.32 Å². The maximum Gasteiger partial charge on any atom is 0.443 e. The molecule has 6 heteroatoms. The van der Waals surface area contributed by atoms with Gasteiger partial charge in [-0.2, -0.15) is 13.2 Å². The third-order valence-corrected chi connectivity index (χ3v) is 2.85. The maximum atomic E-state index is 12.1. The van der Waals surface area contributed by atoms with Gasteiger partial charge in [-0.3, -0.25) is 0 Å². The molecule has 1 heterocycles. The van der Waals surface area contributed by atoms with Gasteiger partial charge in [-0.05, 0) is 14.0 Å². The fraction of sp³-hybridized carbons (Fsp3) is 0.571. The van der Waals surface area contributed by atoms with E-state index in [1.54, 1.807) is 14.0 Å². The number of nitrogens with one attached hydrogen (secondary N) is 1. The zero-order valence-corrected chi connectivity index (χ0v) is 7.96. The van der Waals surface area contributed by atoms with Crippen LogP contribution in [-0.2, 0) is 6.18 Å². The van der Waals surface area contributed by atoms with Crippen LogP contribution in [0.2, 0.25) is 0 Å². The highest BCUT2D eigenvalue weighted by Gasteiger charge is 2.34. The van der Waals surface area contributed by atoms with Crippen LogP contribution >= 0.6 is 11.3 Å². The van der Waals surface area contributed by atoms with Crippen molar-refractivity contribution in [1.29, 1.82) is 0 Å². The number of hydrogen-bond acceptors (Lipinski definition) is 3. The molecule has 1 rings (SSSR count). The van der Waals surface area contributed by atoms with Crippen molar-refractivity contribution in [2.24, 2.45) is 0 Å². The molecular formula is C7H9F3N2S. The second kappa shape index (κ2) is 3.63. The number of hydrogen-bond donors (Lipinski definition) is 1. The highest BCUT2D eigenvalue weighted by Crippen LogP contribution is 2.33. The predicted octanol–water partition coefficient (Wildman–Crippen LogP) is 2.44. The van der Waals surface area contributed by atoms with Crippen LogP contribution in [0.1, 0.15) is 22.9 Å². The normalized spacial score (nSPS) is 14.5. The summed E-state index contributed by atoms with van der Waals surface area (Å²) in [6.07, 6.45) is -3.06. The third kappa shape index (κ3) is 2.41. The zero-order chi connectivity index (χ0) is 10.1. The lowest BCUT2D eigenvalue weighted by Gasteiger charge is -2.05. The van der Waals surface area contributed by atoms with Crippen LogP contribution in [0, 0.1) is 0 Å². The summed E-state index contributed by atoms with van der Waals surface area (Å²) in [5, 5.41) is 2.06. The summed E-state index contributed by atoms with van der Waals surface area (Å²) in [6.45, 7) is 1.79. The molecule has 1 N–H and O–H groups in total. The minimum absolute atomic E-state index is 0.0893. The van der Waals surface area contributed by atoms with Gasteiger partial charge in [-0.15, -0.1) is 11.3 Å². The molecule has 0 aliphatic carbocycles. The third-order valence-electron chi connectivity index (χ3n) is 1.63. The Balaban J connectivity index is 2.87. The van der Waals surface area contributed by atoms with Gasteiger partial charge >= 0.3 is 6.18 Å². The van der Waals surface area contributed by atoms with Crippen LogP contribution in [0.25, 0.3) is 0 Å².